The summed E-state index contributed by atoms with van der Waals surface area (Å²) in [5.41, 5.74) is 1.27. The Bertz CT molecular complexity index is 958. The van der Waals surface area contributed by atoms with Crippen molar-refractivity contribution < 1.29 is 24.6 Å². The predicted octanol–water partition coefficient (Wildman–Crippen LogP) is 2.88. The van der Waals surface area contributed by atoms with Crippen molar-refractivity contribution in [3.8, 4) is 0 Å². The quantitative estimate of drug-likeness (QED) is 0.835. The van der Waals surface area contributed by atoms with Crippen LogP contribution in [0.5, 0.6) is 0 Å². The smallest absolute Gasteiger partial charge is 0.351 e. The van der Waals surface area contributed by atoms with E-state index in [0.29, 0.717) is 11.8 Å². The zero-order chi connectivity index (χ0) is 19.2. The van der Waals surface area contributed by atoms with Crippen LogP contribution in [0.2, 0.25) is 0 Å². The van der Waals surface area contributed by atoms with Crippen molar-refractivity contribution in [2.45, 2.75) is 57.1 Å². The maximum Gasteiger partial charge on any atom is 0.351 e. The van der Waals surface area contributed by atoms with Crippen molar-refractivity contribution in [1.82, 2.24) is 9.78 Å². The summed E-state index contributed by atoms with van der Waals surface area (Å²) < 4.78 is 2.07. The number of oxime groups is 1. The molecule has 1 aromatic carbocycles. The molecule has 4 rings (SSSR count). The number of carbonyl (C=O) groups is 2. The van der Waals surface area contributed by atoms with Crippen LogP contribution in [-0.2, 0) is 14.4 Å². The van der Waals surface area contributed by atoms with E-state index in [0.717, 1.165) is 35.0 Å². The molecule has 1 aromatic heterocycles. The van der Waals surface area contributed by atoms with Gasteiger partial charge in [-0.1, -0.05) is 30.1 Å². The van der Waals surface area contributed by atoms with E-state index in [-0.39, 0.29) is 6.42 Å². The van der Waals surface area contributed by atoms with Gasteiger partial charge in [0.25, 0.3) is 0 Å². The minimum absolute atomic E-state index is 0.0866. The molecule has 1 atom stereocenters. The summed E-state index contributed by atoms with van der Waals surface area (Å²) in [6, 6.07) is 6.15. The molecule has 142 valence electrons. The van der Waals surface area contributed by atoms with Gasteiger partial charge in [-0.25, -0.2) is 4.79 Å². The lowest BCUT2D eigenvalue weighted by Crippen LogP contribution is -2.41. The van der Waals surface area contributed by atoms with Crippen molar-refractivity contribution in [3.05, 3.63) is 29.5 Å². The lowest BCUT2D eigenvalue weighted by Gasteiger charge is -2.18. The zero-order valence-corrected chi connectivity index (χ0v) is 15.0. The van der Waals surface area contributed by atoms with Gasteiger partial charge in [0.1, 0.15) is 0 Å². The summed E-state index contributed by atoms with van der Waals surface area (Å²) in [4.78, 5) is 27.8. The number of hydrogen-bond donors (Lipinski definition) is 2. The number of rotatable bonds is 5. The van der Waals surface area contributed by atoms with Crippen LogP contribution in [-0.4, -0.2) is 43.2 Å². The van der Waals surface area contributed by atoms with Crippen molar-refractivity contribution >= 4 is 28.6 Å². The van der Waals surface area contributed by atoms with Crippen LogP contribution in [0.3, 0.4) is 0 Å². The highest BCUT2D eigenvalue weighted by atomic mass is 16.7. The molecule has 1 aliphatic carbocycles. The Morgan fingerprint density at radius 1 is 1.30 bits per heavy atom. The first kappa shape index (κ1) is 17.5. The molecule has 27 heavy (non-hydrogen) atoms. The maximum absolute atomic E-state index is 11.6. The molecule has 0 spiro atoms. The van der Waals surface area contributed by atoms with Crippen LogP contribution in [0.1, 0.15) is 55.8 Å². The fourth-order valence-electron chi connectivity index (χ4n) is 4.06. The van der Waals surface area contributed by atoms with Crippen LogP contribution in [0.4, 0.5) is 0 Å². The third-order valence-electron chi connectivity index (χ3n) is 5.51. The van der Waals surface area contributed by atoms with E-state index in [9.17, 15) is 14.7 Å². The van der Waals surface area contributed by atoms with E-state index in [1.165, 1.54) is 12.8 Å². The first-order chi connectivity index (χ1) is 12.9. The Kier molecular flexibility index (Phi) is 4.13. The maximum atomic E-state index is 11.6. The van der Waals surface area contributed by atoms with E-state index < -0.39 is 24.0 Å². The second-order valence-electron chi connectivity index (χ2n) is 7.38. The molecular formula is C19H21N3O5. The first-order valence-electron chi connectivity index (χ1n) is 9.09. The summed E-state index contributed by atoms with van der Waals surface area (Å²) >= 11 is 0. The van der Waals surface area contributed by atoms with E-state index in [4.69, 9.17) is 15.0 Å². The SMILES string of the molecule is Cc1nn(C2CCCC2)c2cc(C3=NOC(CC(=O)O)(C(=O)O)C3)ccc12. The molecule has 0 amide bonds. The summed E-state index contributed by atoms with van der Waals surface area (Å²) in [6.45, 7) is 1.98. The fourth-order valence-corrected chi connectivity index (χ4v) is 4.06. The molecule has 8 heteroatoms. The Morgan fingerprint density at radius 2 is 2.04 bits per heavy atom. The molecule has 0 radical (unpaired) electrons. The number of carboxylic acids is 2. The Balaban J connectivity index is 1.69. The number of nitrogens with zero attached hydrogens (tertiary/aromatic N) is 3. The van der Waals surface area contributed by atoms with Crippen molar-refractivity contribution in [2.75, 3.05) is 0 Å². The molecule has 0 bridgehead atoms. The van der Waals surface area contributed by atoms with Gasteiger partial charge in [-0.05, 0) is 25.8 Å². The van der Waals surface area contributed by atoms with E-state index >= 15 is 0 Å². The largest absolute Gasteiger partial charge is 0.481 e. The van der Waals surface area contributed by atoms with Crippen LogP contribution < -0.4 is 0 Å². The van der Waals surface area contributed by atoms with Crippen molar-refractivity contribution in [1.29, 1.82) is 0 Å². The molecule has 1 saturated carbocycles. The molecule has 2 heterocycles. The van der Waals surface area contributed by atoms with Crippen LogP contribution in [0.25, 0.3) is 10.9 Å². The fraction of sp³-hybridized carbons (Fsp3) is 0.474. The third kappa shape index (κ3) is 2.94. The Labute approximate surface area is 155 Å². The average molecular weight is 371 g/mol. The number of benzene rings is 1. The minimum atomic E-state index is -1.85. The molecule has 1 fully saturated rings. The monoisotopic (exact) mass is 371 g/mol. The topological polar surface area (TPSA) is 114 Å². The molecular weight excluding hydrogens is 350 g/mol. The van der Waals surface area contributed by atoms with Crippen LogP contribution in [0, 0.1) is 6.92 Å². The van der Waals surface area contributed by atoms with Gasteiger partial charge in [0.15, 0.2) is 0 Å². The average Bonchev–Trinajstić information content (AvgIpc) is 3.34. The molecule has 2 aromatic rings. The van der Waals surface area contributed by atoms with Gasteiger partial charge >= 0.3 is 11.9 Å². The summed E-state index contributed by atoms with van der Waals surface area (Å²) in [5, 5.41) is 28.2. The number of aryl methyl sites for hydroxylation is 1. The number of fused-ring (bicyclic) bond motifs is 1. The van der Waals surface area contributed by atoms with Gasteiger partial charge in [-0.3, -0.25) is 9.48 Å². The van der Waals surface area contributed by atoms with Gasteiger partial charge in [0, 0.05) is 17.4 Å². The summed E-state index contributed by atoms with van der Waals surface area (Å²) in [6.07, 6.45) is 3.87. The highest BCUT2D eigenvalue weighted by molar-refractivity contribution is 6.07. The second kappa shape index (κ2) is 6.37. The molecule has 1 aliphatic heterocycles. The third-order valence-corrected chi connectivity index (χ3v) is 5.51. The molecule has 0 saturated heterocycles. The summed E-state index contributed by atoms with van der Waals surface area (Å²) in [5.74, 6) is -2.56. The second-order valence-corrected chi connectivity index (χ2v) is 7.38. The normalized spacial score (nSPS) is 22.8. The lowest BCUT2D eigenvalue weighted by atomic mass is 9.91. The highest BCUT2D eigenvalue weighted by Gasteiger charge is 2.49. The molecule has 2 aliphatic rings. The molecule has 2 N–H and O–H groups in total. The molecule has 8 nitrogen and oxygen atoms in total. The highest BCUT2D eigenvalue weighted by Crippen LogP contribution is 2.35. The number of hydrogen-bond acceptors (Lipinski definition) is 5. The number of carboxylic acid groups (broad SMARTS) is 2. The zero-order valence-electron chi connectivity index (χ0n) is 15.0. The lowest BCUT2D eigenvalue weighted by molar-refractivity contribution is -0.169. The van der Waals surface area contributed by atoms with E-state index in [1.807, 2.05) is 25.1 Å². The van der Waals surface area contributed by atoms with Gasteiger partial charge in [-0.2, -0.15) is 5.10 Å². The first-order valence-corrected chi connectivity index (χ1v) is 9.09. The predicted molar refractivity (Wildman–Crippen MR) is 96.8 cm³/mol. The Morgan fingerprint density at radius 3 is 2.70 bits per heavy atom. The van der Waals surface area contributed by atoms with Gasteiger partial charge in [0.05, 0.1) is 29.4 Å². The molecule has 1 unspecified atom stereocenters. The van der Waals surface area contributed by atoms with Crippen LogP contribution in [0.15, 0.2) is 23.4 Å². The van der Waals surface area contributed by atoms with Gasteiger partial charge in [0.2, 0.25) is 5.60 Å². The van der Waals surface area contributed by atoms with Gasteiger partial charge in [-0.15, -0.1) is 0 Å². The van der Waals surface area contributed by atoms with Crippen LogP contribution >= 0.6 is 0 Å². The number of aliphatic carboxylic acids is 2. The Hall–Kier alpha value is -2.90. The van der Waals surface area contributed by atoms with Crippen molar-refractivity contribution in [2.24, 2.45) is 5.16 Å². The minimum Gasteiger partial charge on any atom is -0.481 e. The van der Waals surface area contributed by atoms with E-state index in [2.05, 4.69) is 9.84 Å². The van der Waals surface area contributed by atoms with E-state index in [1.54, 1.807) is 0 Å². The standard InChI is InChI=1S/C19H21N3O5/c1-11-14-7-6-12(8-16(14)22(20-11)13-4-2-3-5-13)15-9-19(18(25)26,27-21-15)10-17(23)24/h6-8,13H,2-5,9-10H2,1H3,(H,23,24)(H,25,26). The number of aromatic nitrogens is 2. The van der Waals surface area contributed by atoms with Gasteiger partial charge < -0.3 is 15.1 Å². The van der Waals surface area contributed by atoms with Crippen molar-refractivity contribution in [3.63, 3.8) is 0 Å². The summed E-state index contributed by atoms with van der Waals surface area (Å²) in [7, 11) is 0.